The molecule has 0 saturated carbocycles. The highest BCUT2D eigenvalue weighted by atomic mass is 32.2. The third-order valence-electron chi connectivity index (χ3n) is 4.94. The number of hydrogen-bond donors (Lipinski definition) is 4. The van der Waals surface area contributed by atoms with E-state index in [0.717, 1.165) is 49.0 Å². The molecule has 0 bridgehead atoms. The van der Waals surface area contributed by atoms with Crippen molar-refractivity contribution in [2.24, 2.45) is 11.5 Å². The van der Waals surface area contributed by atoms with Crippen molar-refractivity contribution in [1.29, 1.82) is 5.41 Å². The summed E-state index contributed by atoms with van der Waals surface area (Å²) in [6.45, 7) is 3.02. The van der Waals surface area contributed by atoms with Crippen molar-refractivity contribution in [3.63, 3.8) is 0 Å². The fourth-order valence-corrected chi connectivity index (χ4v) is 3.97. The number of nitrogens with two attached hydrogens (primary N) is 2. The Balaban J connectivity index is 1.74. The number of hydrogen-bond acceptors (Lipinski definition) is 7. The Morgan fingerprint density at radius 3 is 2.84 bits per heavy atom. The van der Waals surface area contributed by atoms with E-state index in [9.17, 15) is 13.6 Å². The van der Waals surface area contributed by atoms with E-state index in [-0.39, 0.29) is 27.3 Å². The summed E-state index contributed by atoms with van der Waals surface area (Å²) in [4.78, 5) is 19.0. The molecule has 0 aliphatic carbocycles. The molecule has 164 valence electrons. The number of nitrogens with zero attached hydrogens (tertiary/aromatic N) is 2. The molecule has 3 rings (SSSR count). The van der Waals surface area contributed by atoms with Gasteiger partial charge in [0, 0.05) is 42.5 Å². The van der Waals surface area contributed by atoms with Crippen LogP contribution in [0.2, 0.25) is 0 Å². The maximum absolute atomic E-state index is 13.9. The van der Waals surface area contributed by atoms with Crippen LogP contribution in [0, 0.1) is 17.0 Å². The van der Waals surface area contributed by atoms with Gasteiger partial charge in [-0.2, -0.15) is 0 Å². The van der Waals surface area contributed by atoms with Crippen LogP contribution in [0.4, 0.5) is 20.2 Å². The van der Waals surface area contributed by atoms with Crippen LogP contribution in [0.25, 0.3) is 0 Å². The van der Waals surface area contributed by atoms with Crippen LogP contribution >= 0.6 is 11.8 Å². The summed E-state index contributed by atoms with van der Waals surface area (Å²) in [6, 6.07) is 4.80. The van der Waals surface area contributed by atoms with Crippen molar-refractivity contribution in [3.8, 4) is 0 Å². The molecule has 2 heterocycles. The van der Waals surface area contributed by atoms with E-state index in [0.29, 0.717) is 18.3 Å². The molecular weight excluding hydrogens is 422 g/mol. The Hall–Kier alpha value is -2.98. The van der Waals surface area contributed by atoms with Gasteiger partial charge in [0.15, 0.2) is 0 Å². The van der Waals surface area contributed by atoms with Gasteiger partial charge in [0.1, 0.15) is 16.7 Å². The zero-order valence-electron chi connectivity index (χ0n) is 17.0. The van der Waals surface area contributed by atoms with Crippen LogP contribution in [-0.4, -0.2) is 35.1 Å². The van der Waals surface area contributed by atoms with Crippen molar-refractivity contribution in [2.45, 2.75) is 25.8 Å². The zero-order valence-corrected chi connectivity index (χ0v) is 17.8. The fourth-order valence-electron chi connectivity index (χ4n) is 3.23. The topological polar surface area (TPSA) is 121 Å². The highest BCUT2D eigenvalue weighted by Crippen LogP contribution is 2.28. The van der Waals surface area contributed by atoms with E-state index in [4.69, 9.17) is 16.9 Å². The van der Waals surface area contributed by atoms with Crippen LogP contribution in [0.5, 0.6) is 0 Å². The summed E-state index contributed by atoms with van der Waals surface area (Å²) in [5.41, 5.74) is 13.5. The lowest BCUT2D eigenvalue weighted by Crippen LogP contribution is -2.43. The molecule has 2 aromatic rings. The van der Waals surface area contributed by atoms with Gasteiger partial charge >= 0.3 is 0 Å². The van der Waals surface area contributed by atoms with E-state index >= 15 is 0 Å². The molecule has 1 saturated heterocycles. The molecule has 1 atom stereocenters. The first-order valence-electron chi connectivity index (χ1n) is 9.70. The van der Waals surface area contributed by atoms with Gasteiger partial charge in [0.05, 0.1) is 22.6 Å². The molecule has 1 aliphatic rings. The fraction of sp³-hybridized carbons (Fsp3) is 0.286. The number of carbonyl (C=O) groups excluding carboxylic acids is 1. The number of pyridine rings is 1. The summed E-state index contributed by atoms with van der Waals surface area (Å²) in [5.74, 6) is -2.07. The third kappa shape index (κ3) is 5.59. The maximum Gasteiger partial charge on any atom is 0.254 e. The highest BCUT2D eigenvalue weighted by molar-refractivity contribution is 8.17. The molecule has 0 spiro atoms. The second-order valence-electron chi connectivity index (χ2n) is 7.24. The highest BCUT2D eigenvalue weighted by Gasteiger charge is 2.21. The molecule has 0 radical (unpaired) electrons. The average molecular weight is 447 g/mol. The molecule has 7 nitrogen and oxygen atoms in total. The molecule has 1 amide bonds. The monoisotopic (exact) mass is 446 g/mol. The minimum absolute atomic E-state index is 0.0386. The maximum atomic E-state index is 13.9. The van der Waals surface area contributed by atoms with E-state index in [1.165, 1.54) is 6.92 Å². The lowest BCUT2D eigenvalue weighted by Gasteiger charge is -2.33. The zero-order chi connectivity index (χ0) is 22.5. The second kappa shape index (κ2) is 9.88. The molecule has 1 aliphatic heterocycles. The Kier molecular flexibility index (Phi) is 7.24. The van der Waals surface area contributed by atoms with Gasteiger partial charge < -0.3 is 21.7 Å². The van der Waals surface area contributed by atoms with Crippen molar-refractivity contribution < 1.29 is 13.6 Å². The Bertz CT molecular complexity index is 1030. The first-order valence-corrected chi connectivity index (χ1v) is 10.5. The van der Waals surface area contributed by atoms with Gasteiger partial charge in [0.2, 0.25) is 0 Å². The van der Waals surface area contributed by atoms with Gasteiger partial charge in [-0.3, -0.25) is 15.2 Å². The number of anilines is 2. The van der Waals surface area contributed by atoms with Crippen molar-refractivity contribution in [1.82, 2.24) is 4.98 Å². The van der Waals surface area contributed by atoms with Crippen LogP contribution in [0.1, 0.15) is 25.3 Å². The molecule has 6 N–H and O–H groups in total. The van der Waals surface area contributed by atoms with Crippen LogP contribution in [0.15, 0.2) is 47.3 Å². The smallest absolute Gasteiger partial charge is 0.254 e. The number of aromatic nitrogens is 1. The number of halogens is 2. The van der Waals surface area contributed by atoms with Gasteiger partial charge in [-0.1, -0.05) is 11.8 Å². The summed E-state index contributed by atoms with van der Waals surface area (Å²) in [5, 5.41) is 10.7. The summed E-state index contributed by atoms with van der Waals surface area (Å²) in [6.07, 6.45) is 5.12. The molecule has 0 unspecified atom stereocenters. The number of benzene rings is 1. The number of carbonyl (C=O) groups is 1. The Morgan fingerprint density at radius 1 is 1.35 bits per heavy atom. The largest absolute Gasteiger partial charge is 0.393 e. The van der Waals surface area contributed by atoms with Crippen molar-refractivity contribution in [3.05, 3.63) is 64.5 Å². The van der Waals surface area contributed by atoms with Gasteiger partial charge in [-0.15, -0.1) is 0 Å². The van der Waals surface area contributed by atoms with Crippen molar-refractivity contribution >= 4 is 34.1 Å². The van der Waals surface area contributed by atoms with Crippen LogP contribution < -0.4 is 21.7 Å². The lowest BCUT2D eigenvalue weighted by molar-refractivity contribution is -0.112. The minimum Gasteiger partial charge on any atom is -0.393 e. The van der Waals surface area contributed by atoms with Crippen LogP contribution in [0.3, 0.4) is 0 Å². The van der Waals surface area contributed by atoms with Crippen LogP contribution in [-0.2, 0) is 4.79 Å². The van der Waals surface area contributed by atoms with Gasteiger partial charge in [-0.05, 0) is 38.0 Å². The first-order chi connectivity index (χ1) is 14.8. The SMILES string of the molecule is C/C(C(=O)Nc1cnccc1N1CCC[C@H](N)C1)=C(/N)SC(=N)c1ccc(F)cc1F. The summed E-state index contributed by atoms with van der Waals surface area (Å²) >= 11 is 0.727. The number of thioether (sulfide) groups is 1. The molecule has 1 aromatic heterocycles. The van der Waals surface area contributed by atoms with E-state index in [1.807, 2.05) is 6.07 Å². The van der Waals surface area contributed by atoms with E-state index < -0.39 is 17.5 Å². The minimum atomic E-state index is -0.868. The molecule has 10 heteroatoms. The summed E-state index contributed by atoms with van der Waals surface area (Å²) in [7, 11) is 0. The first kappa shape index (κ1) is 22.7. The van der Waals surface area contributed by atoms with Gasteiger partial charge in [-0.25, -0.2) is 8.78 Å². The van der Waals surface area contributed by atoms with E-state index in [2.05, 4.69) is 15.2 Å². The lowest BCUT2D eigenvalue weighted by atomic mass is 10.1. The number of amides is 1. The molecular formula is C21H24F2N6OS. The Labute approximate surface area is 183 Å². The number of piperidine rings is 1. The normalized spacial score (nSPS) is 17.2. The standard InChI is InChI=1S/C21H24F2N6OS/c1-12(19(25)31-20(26)15-5-4-13(22)9-16(15)23)21(30)28-17-10-27-7-6-18(17)29-8-2-3-14(24)11-29/h4-7,9-10,14,26H,2-3,8,11,24-25H2,1H3,(H,28,30)/b19-12+,26-20?/t14-/m0/s1. The predicted octanol–water partition coefficient (Wildman–Crippen LogP) is 3.17. The van der Waals surface area contributed by atoms with Gasteiger partial charge in [0.25, 0.3) is 5.91 Å². The third-order valence-corrected chi connectivity index (χ3v) is 5.89. The predicted molar refractivity (Wildman–Crippen MR) is 120 cm³/mol. The molecule has 1 aromatic carbocycles. The molecule has 31 heavy (non-hydrogen) atoms. The Morgan fingerprint density at radius 2 is 2.13 bits per heavy atom. The molecule has 1 fully saturated rings. The second-order valence-corrected chi connectivity index (χ2v) is 8.29. The average Bonchev–Trinajstić information content (AvgIpc) is 2.73. The quantitative estimate of drug-likeness (QED) is 0.318. The number of nitrogens with one attached hydrogen (secondary N) is 2. The van der Waals surface area contributed by atoms with E-state index in [1.54, 1.807) is 12.4 Å². The summed E-state index contributed by atoms with van der Waals surface area (Å²) < 4.78 is 27.0. The number of rotatable bonds is 5. The van der Waals surface area contributed by atoms with Crippen molar-refractivity contribution in [2.75, 3.05) is 23.3 Å².